The Morgan fingerprint density at radius 2 is 1.94 bits per heavy atom. The topological polar surface area (TPSA) is 71.4 Å². The predicted octanol–water partition coefficient (Wildman–Crippen LogP) is 5.28. The second-order valence-corrected chi connectivity index (χ2v) is 7.51. The number of aromatic hydroxyl groups is 1. The van der Waals surface area contributed by atoms with Gasteiger partial charge in [0.25, 0.3) is 5.91 Å². The normalized spacial score (nSPS) is 15.0. The summed E-state index contributed by atoms with van der Waals surface area (Å²) < 4.78 is 34.6. The maximum atomic E-state index is 13.1. The van der Waals surface area contributed by atoms with Crippen molar-refractivity contribution in [1.82, 2.24) is 0 Å². The van der Waals surface area contributed by atoms with Crippen molar-refractivity contribution in [2.75, 3.05) is 17.3 Å². The fourth-order valence-electron chi connectivity index (χ4n) is 2.84. The summed E-state index contributed by atoms with van der Waals surface area (Å²) in [6.07, 6.45) is 2.51. The van der Waals surface area contributed by atoms with Crippen molar-refractivity contribution >= 4 is 34.6 Å². The number of amidine groups is 1. The molecule has 2 aromatic carbocycles. The summed E-state index contributed by atoms with van der Waals surface area (Å²) in [7, 11) is 0. The minimum absolute atomic E-state index is 0.00779. The third-order valence-corrected chi connectivity index (χ3v) is 5.32. The first-order valence-electron chi connectivity index (χ1n) is 9.71. The molecule has 0 aromatic heterocycles. The molecule has 1 heterocycles. The number of phenols is 1. The number of halogens is 2. The second kappa shape index (κ2) is 10.3. The third-order valence-electron chi connectivity index (χ3n) is 4.17. The zero-order chi connectivity index (χ0) is 22.4. The van der Waals surface area contributed by atoms with Crippen molar-refractivity contribution in [3.8, 4) is 17.2 Å². The summed E-state index contributed by atoms with van der Waals surface area (Å²) in [5.74, 6) is 0.756. The van der Waals surface area contributed by atoms with Gasteiger partial charge in [0.15, 0.2) is 16.7 Å². The van der Waals surface area contributed by atoms with Gasteiger partial charge in [0.1, 0.15) is 11.4 Å². The number of hydrogen-bond donors (Lipinski definition) is 1. The number of anilines is 1. The third kappa shape index (κ3) is 5.55. The molecule has 0 aliphatic carbocycles. The number of thioether (sulfide) groups is 1. The van der Waals surface area contributed by atoms with E-state index in [4.69, 9.17) is 4.74 Å². The number of nitrogens with zero attached hydrogens (tertiary/aromatic N) is 2. The first-order valence-corrected chi connectivity index (χ1v) is 10.7. The van der Waals surface area contributed by atoms with E-state index in [-0.39, 0.29) is 23.1 Å². The molecule has 9 heteroatoms. The molecular formula is C22H22F2N2O4S. The molecule has 0 spiro atoms. The van der Waals surface area contributed by atoms with Gasteiger partial charge >= 0.3 is 6.61 Å². The maximum absolute atomic E-state index is 13.1. The summed E-state index contributed by atoms with van der Waals surface area (Å²) in [5, 5.41) is 10.4. The standard InChI is InChI=1S/C22H22F2N2O4S/c1-3-11-31-22-25-17(12-14-5-10-18(27)19(13-14)29-4-2)20(28)26(22)15-6-8-16(9-7-15)30-21(23)24/h5-10,12-13,21,27H,3-4,11H2,1-2H3. The Kier molecular flexibility index (Phi) is 7.51. The van der Waals surface area contributed by atoms with E-state index in [0.29, 0.717) is 28.8 Å². The summed E-state index contributed by atoms with van der Waals surface area (Å²) in [5.41, 5.74) is 1.37. The number of rotatable bonds is 8. The molecule has 1 amide bonds. The molecule has 0 radical (unpaired) electrons. The van der Waals surface area contributed by atoms with Crippen molar-refractivity contribution in [2.24, 2.45) is 4.99 Å². The zero-order valence-corrected chi connectivity index (χ0v) is 17.9. The summed E-state index contributed by atoms with van der Waals surface area (Å²) in [6.45, 7) is 1.30. The van der Waals surface area contributed by atoms with Crippen LogP contribution in [0.25, 0.3) is 6.08 Å². The molecule has 6 nitrogen and oxygen atoms in total. The SMILES string of the molecule is CCCSC1=NC(=Cc2ccc(O)c(OCC)c2)C(=O)N1c1ccc(OC(F)F)cc1. The molecular weight excluding hydrogens is 426 g/mol. The molecule has 1 N–H and O–H groups in total. The van der Waals surface area contributed by atoms with Crippen molar-refractivity contribution in [3.05, 3.63) is 53.7 Å². The van der Waals surface area contributed by atoms with Crippen LogP contribution in [0.4, 0.5) is 14.5 Å². The van der Waals surface area contributed by atoms with Crippen LogP contribution in [-0.4, -0.2) is 35.2 Å². The van der Waals surface area contributed by atoms with Gasteiger partial charge in [-0.3, -0.25) is 9.69 Å². The second-order valence-electron chi connectivity index (χ2n) is 6.45. The summed E-state index contributed by atoms with van der Waals surface area (Å²) in [4.78, 5) is 19.1. The number of carbonyl (C=O) groups excluding carboxylic acids is 1. The first-order chi connectivity index (χ1) is 14.9. The number of phenolic OH excluding ortho intramolecular Hbond substituents is 1. The monoisotopic (exact) mass is 448 g/mol. The fourth-order valence-corrected chi connectivity index (χ4v) is 3.71. The van der Waals surface area contributed by atoms with E-state index in [9.17, 15) is 18.7 Å². The van der Waals surface area contributed by atoms with Gasteiger partial charge in [0, 0.05) is 5.75 Å². The van der Waals surface area contributed by atoms with E-state index in [1.54, 1.807) is 18.2 Å². The van der Waals surface area contributed by atoms with Gasteiger partial charge in [0.05, 0.1) is 12.3 Å². The van der Waals surface area contributed by atoms with Gasteiger partial charge in [-0.1, -0.05) is 24.8 Å². The van der Waals surface area contributed by atoms with Crippen LogP contribution in [0.1, 0.15) is 25.8 Å². The van der Waals surface area contributed by atoms with Crippen LogP contribution in [0.2, 0.25) is 0 Å². The molecule has 0 unspecified atom stereocenters. The molecule has 0 saturated heterocycles. The van der Waals surface area contributed by atoms with E-state index in [1.165, 1.54) is 47.0 Å². The average molecular weight is 448 g/mol. The molecule has 164 valence electrons. The Morgan fingerprint density at radius 1 is 1.19 bits per heavy atom. The van der Waals surface area contributed by atoms with E-state index in [2.05, 4.69) is 9.73 Å². The van der Waals surface area contributed by atoms with Gasteiger partial charge < -0.3 is 14.6 Å². The number of aliphatic imine (C=N–C) groups is 1. The molecule has 0 saturated carbocycles. The lowest BCUT2D eigenvalue weighted by Crippen LogP contribution is -2.30. The van der Waals surface area contributed by atoms with Crippen molar-refractivity contribution in [2.45, 2.75) is 26.9 Å². The highest BCUT2D eigenvalue weighted by Crippen LogP contribution is 2.32. The number of amides is 1. The molecule has 0 bridgehead atoms. The first kappa shape index (κ1) is 22.6. The smallest absolute Gasteiger partial charge is 0.387 e. The largest absolute Gasteiger partial charge is 0.504 e. The van der Waals surface area contributed by atoms with E-state index < -0.39 is 6.61 Å². The quantitative estimate of drug-likeness (QED) is 0.557. The van der Waals surface area contributed by atoms with Gasteiger partial charge in [0.2, 0.25) is 0 Å². The molecule has 2 aromatic rings. The lowest BCUT2D eigenvalue weighted by atomic mass is 10.1. The Bertz CT molecular complexity index is 994. The molecule has 31 heavy (non-hydrogen) atoms. The zero-order valence-electron chi connectivity index (χ0n) is 17.0. The lowest BCUT2D eigenvalue weighted by molar-refractivity contribution is -0.113. The van der Waals surface area contributed by atoms with E-state index in [0.717, 1.165) is 12.2 Å². The van der Waals surface area contributed by atoms with Crippen molar-refractivity contribution in [3.63, 3.8) is 0 Å². The molecule has 1 aliphatic heterocycles. The summed E-state index contributed by atoms with van der Waals surface area (Å²) >= 11 is 1.43. The minimum atomic E-state index is -2.92. The highest BCUT2D eigenvalue weighted by atomic mass is 32.2. The van der Waals surface area contributed by atoms with E-state index >= 15 is 0 Å². The van der Waals surface area contributed by atoms with E-state index in [1.807, 2.05) is 13.8 Å². The van der Waals surface area contributed by atoms with Crippen LogP contribution in [-0.2, 0) is 4.79 Å². The van der Waals surface area contributed by atoms with Gasteiger partial charge in [-0.05, 0) is 61.4 Å². The Labute approximate surface area is 183 Å². The summed E-state index contributed by atoms with van der Waals surface area (Å²) in [6, 6.07) is 10.6. The van der Waals surface area contributed by atoms with Crippen LogP contribution in [0.15, 0.2) is 53.2 Å². The highest BCUT2D eigenvalue weighted by Gasteiger charge is 2.32. The molecule has 0 fully saturated rings. The van der Waals surface area contributed by atoms with Crippen LogP contribution >= 0.6 is 11.8 Å². The Hall–Kier alpha value is -3.07. The maximum Gasteiger partial charge on any atom is 0.387 e. The van der Waals surface area contributed by atoms with Gasteiger partial charge in [-0.25, -0.2) is 4.99 Å². The van der Waals surface area contributed by atoms with Crippen LogP contribution in [0, 0.1) is 0 Å². The number of hydrogen-bond acceptors (Lipinski definition) is 6. The fraction of sp³-hybridized carbons (Fsp3) is 0.273. The van der Waals surface area contributed by atoms with Crippen molar-refractivity contribution < 1.29 is 28.2 Å². The van der Waals surface area contributed by atoms with Gasteiger partial charge in [-0.2, -0.15) is 8.78 Å². The van der Waals surface area contributed by atoms with Crippen molar-refractivity contribution in [1.29, 1.82) is 0 Å². The molecule has 3 rings (SSSR count). The van der Waals surface area contributed by atoms with Crippen LogP contribution < -0.4 is 14.4 Å². The molecule has 0 atom stereocenters. The number of benzene rings is 2. The Morgan fingerprint density at radius 3 is 2.58 bits per heavy atom. The highest BCUT2D eigenvalue weighted by molar-refractivity contribution is 8.14. The predicted molar refractivity (Wildman–Crippen MR) is 118 cm³/mol. The van der Waals surface area contributed by atoms with Crippen LogP contribution in [0.5, 0.6) is 17.2 Å². The number of ether oxygens (including phenoxy) is 2. The minimum Gasteiger partial charge on any atom is -0.504 e. The van der Waals surface area contributed by atoms with Gasteiger partial charge in [-0.15, -0.1) is 0 Å². The average Bonchev–Trinajstić information content (AvgIpc) is 3.04. The molecule has 1 aliphatic rings. The lowest BCUT2D eigenvalue weighted by Gasteiger charge is -2.18. The number of alkyl halides is 2. The Balaban J connectivity index is 1.92. The number of carbonyl (C=O) groups is 1. The van der Waals surface area contributed by atoms with Crippen LogP contribution in [0.3, 0.4) is 0 Å².